The number of carbonyl (C=O) groups is 1. The normalized spacial score (nSPS) is 11.1. The Morgan fingerprint density at radius 2 is 1.86 bits per heavy atom. The third-order valence-electron chi connectivity index (χ3n) is 4.76. The van der Waals surface area contributed by atoms with Crippen molar-refractivity contribution in [3.63, 3.8) is 0 Å². The highest BCUT2D eigenvalue weighted by Crippen LogP contribution is 2.29. The number of thioether (sulfide) groups is 1. The van der Waals surface area contributed by atoms with Gasteiger partial charge in [-0.05, 0) is 49.6 Å². The minimum atomic E-state index is -0.128. The first kappa shape index (κ1) is 19.7. The lowest BCUT2D eigenvalue weighted by atomic mass is 10.0. The third-order valence-corrected chi connectivity index (χ3v) is 6.80. The van der Waals surface area contributed by atoms with E-state index in [2.05, 4.69) is 59.7 Å². The molecule has 0 aliphatic rings. The molecular weight excluding hydrogens is 402 g/mol. The second-order valence-electron chi connectivity index (χ2n) is 7.07. The number of hydrogen-bond acceptors (Lipinski definition) is 6. The fourth-order valence-corrected chi connectivity index (χ4v) is 4.68. The van der Waals surface area contributed by atoms with Gasteiger partial charge >= 0.3 is 0 Å². The van der Waals surface area contributed by atoms with E-state index in [-0.39, 0.29) is 12.3 Å². The molecule has 5 nitrogen and oxygen atoms in total. The van der Waals surface area contributed by atoms with Crippen molar-refractivity contribution in [1.82, 2.24) is 10.2 Å². The number of nitrogens with zero attached hydrogens (tertiary/aromatic N) is 2. The smallest absolute Gasteiger partial charge is 0.230 e. The van der Waals surface area contributed by atoms with Gasteiger partial charge < -0.3 is 9.73 Å². The van der Waals surface area contributed by atoms with Crippen molar-refractivity contribution >= 4 is 45.1 Å². The standard InChI is InChI=1S/C22H21N3O2S2/c1-13-4-6-16(7-5-13)12-28-22-25-24-21(29-22)23-20(26)10-17-11-27-19-9-15(3)14(2)8-18(17)19/h4-9,11H,10,12H2,1-3H3,(H,23,24,26). The van der Waals surface area contributed by atoms with Gasteiger partial charge in [-0.1, -0.05) is 52.9 Å². The van der Waals surface area contributed by atoms with Gasteiger partial charge in [-0.2, -0.15) is 0 Å². The highest BCUT2D eigenvalue weighted by molar-refractivity contribution is 8.00. The first-order valence-electron chi connectivity index (χ1n) is 9.27. The van der Waals surface area contributed by atoms with Gasteiger partial charge in [-0.25, -0.2) is 0 Å². The van der Waals surface area contributed by atoms with E-state index in [1.165, 1.54) is 33.6 Å². The molecule has 0 aliphatic heterocycles. The fraction of sp³-hybridized carbons (Fsp3) is 0.227. The lowest BCUT2D eigenvalue weighted by Crippen LogP contribution is -2.14. The molecule has 2 aromatic carbocycles. The minimum Gasteiger partial charge on any atom is -0.464 e. The van der Waals surface area contributed by atoms with Gasteiger partial charge in [-0.15, -0.1) is 10.2 Å². The third kappa shape index (κ3) is 4.68. The summed E-state index contributed by atoms with van der Waals surface area (Å²) >= 11 is 3.01. The summed E-state index contributed by atoms with van der Waals surface area (Å²) < 4.78 is 6.45. The Kier molecular flexibility index (Phi) is 5.69. The Bertz CT molecular complexity index is 1160. The number of anilines is 1. The molecule has 1 N–H and O–H groups in total. The molecule has 2 aromatic heterocycles. The van der Waals surface area contributed by atoms with Crippen LogP contribution in [0.1, 0.15) is 27.8 Å². The van der Waals surface area contributed by atoms with Crippen molar-refractivity contribution in [2.24, 2.45) is 0 Å². The van der Waals surface area contributed by atoms with Crippen LogP contribution in [0.15, 0.2) is 51.4 Å². The van der Waals surface area contributed by atoms with Gasteiger partial charge in [0.25, 0.3) is 0 Å². The monoisotopic (exact) mass is 423 g/mol. The number of carbonyl (C=O) groups excluding carboxylic acids is 1. The van der Waals surface area contributed by atoms with Gasteiger partial charge in [0.05, 0.1) is 12.7 Å². The average molecular weight is 424 g/mol. The van der Waals surface area contributed by atoms with E-state index < -0.39 is 0 Å². The van der Waals surface area contributed by atoms with Crippen molar-refractivity contribution in [3.05, 3.63) is 70.5 Å². The molecule has 148 valence electrons. The van der Waals surface area contributed by atoms with Crippen LogP contribution in [0, 0.1) is 20.8 Å². The van der Waals surface area contributed by atoms with Crippen LogP contribution in [0.3, 0.4) is 0 Å². The molecule has 1 amide bonds. The average Bonchev–Trinajstić information content (AvgIpc) is 3.29. The Balaban J connectivity index is 1.37. The molecule has 0 spiro atoms. The van der Waals surface area contributed by atoms with Gasteiger partial charge in [0.15, 0.2) is 4.34 Å². The number of rotatable bonds is 6. The Morgan fingerprint density at radius 3 is 2.66 bits per heavy atom. The molecule has 7 heteroatoms. The van der Waals surface area contributed by atoms with E-state index in [9.17, 15) is 4.79 Å². The van der Waals surface area contributed by atoms with Crippen LogP contribution in [0.4, 0.5) is 5.13 Å². The second kappa shape index (κ2) is 8.39. The number of aryl methyl sites for hydroxylation is 3. The summed E-state index contributed by atoms with van der Waals surface area (Å²) in [6.45, 7) is 6.18. The van der Waals surface area contributed by atoms with E-state index in [1.807, 2.05) is 13.0 Å². The topological polar surface area (TPSA) is 68.0 Å². The number of aromatic nitrogens is 2. The quantitative estimate of drug-likeness (QED) is 0.319. The summed E-state index contributed by atoms with van der Waals surface area (Å²) in [4.78, 5) is 12.5. The molecule has 4 aromatic rings. The zero-order chi connectivity index (χ0) is 20.4. The summed E-state index contributed by atoms with van der Waals surface area (Å²) in [5.74, 6) is 0.694. The summed E-state index contributed by atoms with van der Waals surface area (Å²) in [6.07, 6.45) is 1.90. The zero-order valence-corrected chi connectivity index (χ0v) is 18.1. The number of fused-ring (bicyclic) bond motifs is 1. The van der Waals surface area contributed by atoms with Crippen LogP contribution in [0.2, 0.25) is 0 Å². The highest BCUT2D eigenvalue weighted by Gasteiger charge is 2.14. The maximum absolute atomic E-state index is 12.5. The van der Waals surface area contributed by atoms with Crippen molar-refractivity contribution < 1.29 is 9.21 Å². The van der Waals surface area contributed by atoms with Crippen LogP contribution in [0.25, 0.3) is 11.0 Å². The molecule has 0 atom stereocenters. The maximum Gasteiger partial charge on any atom is 0.230 e. The van der Waals surface area contributed by atoms with Gasteiger partial charge in [0, 0.05) is 16.7 Å². The number of nitrogens with one attached hydrogen (secondary N) is 1. The van der Waals surface area contributed by atoms with Crippen LogP contribution < -0.4 is 5.32 Å². The lowest BCUT2D eigenvalue weighted by molar-refractivity contribution is -0.115. The Labute approximate surface area is 177 Å². The van der Waals surface area contributed by atoms with Crippen LogP contribution >= 0.6 is 23.1 Å². The molecule has 0 aliphatic carbocycles. The molecule has 0 bridgehead atoms. The van der Waals surface area contributed by atoms with Crippen LogP contribution in [-0.2, 0) is 17.0 Å². The molecule has 4 rings (SSSR count). The maximum atomic E-state index is 12.5. The van der Waals surface area contributed by atoms with Crippen LogP contribution in [-0.4, -0.2) is 16.1 Å². The van der Waals surface area contributed by atoms with Gasteiger partial charge in [0.1, 0.15) is 5.58 Å². The van der Waals surface area contributed by atoms with E-state index in [0.29, 0.717) is 5.13 Å². The summed E-state index contributed by atoms with van der Waals surface area (Å²) in [5, 5.41) is 12.6. The first-order valence-corrected chi connectivity index (χ1v) is 11.1. The summed E-state index contributed by atoms with van der Waals surface area (Å²) in [5.41, 5.74) is 6.52. The predicted molar refractivity (Wildman–Crippen MR) is 119 cm³/mol. The first-order chi connectivity index (χ1) is 14.0. The Morgan fingerprint density at radius 1 is 1.10 bits per heavy atom. The Hall–Kier alpha value is -2.64. The van der Waals surface area contributed by atoms with E-state index >= 15 is 0 Å². The lowest BCUT2D eigenvalue weighted by Gasteiger charge is -2.02. The van der Waals surface area contributed by atoms with Crippen molar-refractivity contribution in [1.29, 1.82) is 0 Å². The van der Waals surface area contributed by atoms with Crippen molar-refractivity contribution in [2.75, 3.05) is 5.32 Å². The highest BCUT2D eigenvalue weighted by atomic mass is 32.2. The van der Waals surface area contributed by atoms with Crippen LogP contribution in [0.5, 0.6) is 0 Å². The zero-order valence-electron chi connectivity index (χ0n) is 16.5. The van der Waals surface area contributed by atoms with Gasteiger partial charge in [0.2, 0.25) is 11.0 Å². The second-order valence-corrected chi connectivity index (χ2v) is 9.27. The molecule has 0 fully saturated rings. The number of furan rings is 1. The fourth-order valence-electron chi connectivity index (χ4n) is 2.96. The SMILES string of the molecule is Cc1ccc(CSc2nnc(NC(=O)Cc3coc4cc(C)c(C)cc34)s2)cc1. The summed E-state index contributed by atoms with van der Waals surface area (Å²) in [6, 6.07) is 12.5. The van der Waals surface area contributed by atoms with Crippen molar-refractivity contribution in [3.8, 4) is 0 Å². The predicted octanol–water partition coefficient (Wildman–Crippen LogP) is 5.68. The molecule has 0 radical (unpaired) electrons. The number of hydrogen-bond donors (Lipinski definition) is 1. The van der Waals surface area contributed by atoms with E-state index in [0.717, 1.165) is 26.6 Å². The number of benzene rings is 2. The molecule has 0 saturated heterocycles. The molecule has 0 saturated carbocycles. The molecule has 2 heterocycles. The molecule has 29 heavy (non-hydrogen) atoms. The molecule has 0 unspecified atom stereocenters. The van der Waals surface area contributed by atoms with Crippen molar-refractivity contribution in [2.45, 2.75) is 37.3 Å². The number of amides is 1. The minimum absolute atomic E-state index is 0.128. The van der Waals surface area contributed by atoms with E-state index in [1.54, 1.807) is 18.0 Å². The molecular formula is C22H21N3O2S2. The van der Waals surface area contributed by atoms with E-state index in [4.69, 9.17) is 4.42 Å². The largest absolute Gasteiger partial charge is 0.464 e. The van der Waals surface area contributed by atoms with Gasteiger partial charge in [-0.3, -0.25) is 4.79 Å². The summed E-state index contributed by atoms with van der Waals surface area (Å²) in [7, 11) is 0.